The second kappa shape index (κ2) is 9.93. The highest BCUT2D eigenvalue weighted by molar-refractivity contribution is 7.13. The number of halogens is 2. The summed E-state index contributed by atoms with van der Waals surface area (Å²) in [6, 6.07) is 11.1. The molecule has 5 rings (SSSR count). The maximum atomic E-state index is 13.0. The van der Waals surface area contributed by atoms with Crippen LogP contribution in [0.1, 0.15) is 17.1 Å². The molecule has 1 N–H and O–H groups in total. The summed E-state index contributed by atoms with van der Waals surface area (Å²) in [5.74, 6) is 0.268. The zero-order valence-corrected chi connectivity index (χ0v) is 22.1. The van der Waals surface area contributed by atoms with E-state index in [1.807, 2.05) is 38.3 Å². The fourth-order valence-corrected chi connectivity index (χ4v) is 5.29. The Balaban J connectivity index is 1.33. The first-order valence-corrected chi connectivity index (χ1v) is 12.7. The van der Waals surface area contributed by atoms with E-state index >= 15 is 0 Å². The molecule has 4 aromatic heterocycles. The molecule has 1 amide bonds. The van der Waals surface area contributed by atoms with Gasteiger partial charge in [0.1, 0.15) is 12.3 Å². The van der Waals surface area contributed by atoms with Crippen LogP contribution in [-0.2, 0) is 18.1 Å². The number of carbonyl (C=O) groups excluding carboxylic acids is 1. The number of aryl methyl sites for hydroxylation is 2. The lowest BCUT2D eigenvalue weighted by atomic mass is 10.1. The van der Waals surface area contributed by atoms with Gasteiger partial charge in [0.05, 0.1) is 33.2 Å². The summed E-state index contributed by atoms with van der Waals surface area (Å²) < 4.78 is 9.10. The first kappa shape index (κ1) is 24.3. The van der Waals surface area contributed by atoms with E-state index < -0.39 is 0 Å². The number of thiophene rings is 1. The average Bonchev–Trinajstić information content (AvgIpc) is 3.55. The Morgan fingerprint density at radius 1 is 1.08 bits per heavy atom. The maximum absolute atomic E-state index is 13.0. The van der Waals surface area contributed by atoms with Crippen LogP contribution in [0.3, 0.4) is 0 Å². The first-order chi connectivity index (χ1) is 17.3. The van der Waals surface area contributed by atoms with Crippen molar-refractivity contribution in [2.24, 2.45) is 0 Å². The van der Waals surface area contributed by atoms with Crippen LogP contribution >= 0.6 is 34.5 Å². The highest BCUT2D eigenvalue weighted by Crippen LogP contribution is 2.33. The Hall–Kier alpha value is -3.40. The quantitative estimate of drug-likeness (QED) is 0.263. The minimum atomic E-state index is -0.227. The number of amides is 1. The molecule has 1 aromatic carbocycles. The third-order valence-corrected chi connectivity index (χ3v) is 7.20. The van der Waals surface area contributed by atoms with Gasteiger partial charge in [-0.15, -0.1) is 11.3 Å². The zero-order chi connectivity index (χ0) is 25.4. The molecule has 0 aliphatic carbocycles. The highest BCUT2D eigenvalue weighted by Gasteiger charge is 2.19. The van der Waals surface area contributed by atoms with Crippen molar-refractivity contribution in [3.63, 3.8) is 0 Å². The van der Waals surface area contributed by atoms with Crippen LogP contribution in [0.4, 0.5) is 5.69 Å². The lowest BCUT2D eigenvalue weighted by Crippen LogP contribution is -2.20. The van der Waals surface area contributed by atoms with E-state index in [-0.39, 0.29) is 19.2 Å². The van der Waals surface area contributed by atoms with Crippen LogP contribution < -0.4 is 10.1 Å². The number of nitrogens with zero attached hydrogens (tertiary/aromatic N) is 5. The van der Waals surface area contributed by atoms with Crippen LogP contribution in [0.5, 0.6) is 5.75 Å². The van der Waals surface area contributed by atoms with Gasteiger partial charge in [-0.05, 0) is 56.5 Å². The molecule has 11 heteroatoms. The Morgan fingerprint density at radius 2 is 1.89 bits per heavy atom. The number of benzene rings is 1. The van der Waals surface area contributed by atoms with Crippen LogP contribution in [0, 0.1) is 20.8 Å². The van der Waals surface area contributed by atoms with Crippen molar-refractivity contribution >= 4 is 57.2 Å². The van der Waals surface area contributed by atoms with Gasteiger partial charge in [0, 0.05) is 21.7 Å². The lowest BCUT2D eigenvalue weighted by molar-refractivity contribution is -0.116. The Labute approximate surface area is 221 Å². The monoisotopic (exact) mass is 540 g/mol. The highest BCUT2D eigenvalue weighted by atomic mass is 35.5. The van der Waals surface area contributed by atoms with Crippen LogP contribution in [0.25, 0.3) is 21.5 Å². The summed E-state index contributed by atoms with van der Waals surface area (Å²) in [5.41, 5.74) is 4.62. The van der Waals surface area contributed by atoms with E-state index in [0.717, 1.165) is 27.2 Å². The molecule has 184 valence electrons. The number of nitrogens with one attached hydrogen (secondary N) is 1. The largest absolute Gasteiger partial charge is 0.470 e. The van der Waals surface area contributed by atoms with Crippen molar-refractivity contribution < 1.29 is 9.53 Å². The zero-order valence-electron chi connectivity index (χ0n) is 19.7. The molecule has 8 nitrogen and oxygen atoms in total. The van der Waals surface area contributed by atoms with Gasteiger partial charge in [0.15, 0.2) is 12.4 Å². The van der Waals surface area contributed by atoms with E-state index in [2.05, 4.69) is 26.6 Å². The summed E-state index contributed by atoms with van der Waals surface area (Å²) in [4.78, 5) is 18.7. The fraction of sp³-hybridized carbons (Fsp3) is 0.200. The molecule has 0 fully saturated rings. The Kier molecular flexibility index (Phi) is 6.70. The second-order valence-corrected chi connectivity index (χ2v) is 10.0. The summed E-state index contributed by atoms with van der Waals surface area (Å²) in [5, 5.41) is 16.0. The van der Waals surface area contributed by atoms with Crippen molar-refractivity contribution in [2.45, 2.75) is 34.0 Å². The van der Waals surface area contributed by atoms with Gasteiger partial charge in [0.25, 0.3) is 0 Å². The molecule has 0 aliphatic rings. The molecular formula is C25H22Cl2N6O2S. The summed E-state index contributed by atoms with van der Waals surface area (Å²) in [7, 11) is 0. The van der Waals surface area contributed by atoms with Gasteiger partial charge in [-0.2, -0.15) is 10.2 Å². The standard InChI is InChI=1S/C25H22Cl2N6O2S/c1-14-23-18(21-5-4-10-36-21)8-9-28-25(23)32(30-14)12-22(34)29-24-15(2)31-33(16(24)3)13-35-20-7-6-17(26)11-19(20)27/h4-11H,12-13H2,1-3H3,(H,29,34). The van der Waals surface area contributed by atoms with E-state index in [1.165, 1.54) is 0 Å². The molecule has 36 heavy (non-hydrogen) atoms. The molecule has 0 spiro atoms. The minimum Gasteiger partial charge on any atom is -0.470 e. The van der Waals surface area contributed by atoms with Gasteiger partial charge in [-0.25, -0.2) is 14.3 Å². The van der Waals surface area contributed by atoms with Gasteiger partial charge < -0.3 is 10.1 Å². The second-order valence-electron chi connectivity index (χ2n) is 8.22. The molecule has 0 aliphatic heterocycles. The number of pyridine rings is 1. The van der Waals surface area contributed by atoms with Crippen molar-refractivity contribution in [3.8, 4) is 16.2 Å². The number of fused-ring (bicyclic) bond motifs is 1. The van der Waals surface area contributed by atoms with Crippen molar-refractivity contribution in [3.05, 3.63) is 75.1 Å². The molecule has 4 heterocycles. The van der Waals surface area contributed by atoms with Crippen LogP contribution in [0.15, 0.2) is 48.0 Å². The fourth-order valence-electron chi connectivity index (χ4n) is 4.07. The summed E-state index contributed by atoms with van der Waals surface area (Å²) >= 11 is 13.8. The predicted molar refractivity (Wildman–Crippen MR) is 143 cm³/mol. The van der Waals surface area contributed by atoms with Crippen molar-refractivity contribution in [1.29, 1.82) is 0 Å². The molecule has 0 saturated carbocycles. The first-order valence-electron chi connectivity index (χ1n) is 11.1. The van der Waals surface area contributed by atoms with Gasteiger partial charge >= 0.3 is 0 Å². The summed E-state index contributed by atoms with van der Waals surface area (Å²) in [6.07, 6.45) is 1.75. The van der Waals surface area contributed by atoms with Gasteiger partial charge in [-0.1, -0.05) is 29.3 Å². The predicted octanol–water partition coefficient (Wildman–Crippen LogP) is 6.26. The molecule has 0 unspecified atom stereocenters. The van der Waals surface area contributed by atoms with Crippen LogP contribution in [0.2, 0.25) is 10.0 Å². The third kappa shape index (κ3) is 4.69. The lowest BCUT2D eigenvalue weighted by Gasteiger charge is -2.10. The molecule has 5 aromatic rings. The molecule has 0 saturated heterocycles. The minimum absolute atomic E-state index is 0.0200. The van der Waals surface area contributed by atoms with Crippen molar-refractivity contribution in [1.82, 2.24) is 24.5 Å². The Bertz CT molecular complexity index is 1580. The molecule has 0 atom stereocenters. The number of ether oxygens (including phenoxy) is 1. The number of aromatic nitrogens is 5. The van der Waals surface area contributed by atoms with Gasteiger partial charge in [-0.3, -0.25) is 4.79 Å². The smallest absolute Gasteiger partial charge is 0.246 e. The van der Waals surface area contributed by atoms with E-state index in [0.29, 0.717) is 32.8 Å². The number of hydrogen-bond acceptors (Lipinski definition) is 6. The number of hydrogen-bond donors (Lipinski definition) is 1. The van der Waals surface area contributed by atoms with E-state index in [4.69, 9.17) is 27.9 Å². The average molecular weight is 541 g/mol. The van der Waals surface area contributed by atoms with Crippen molar-refractivity contribution in [2.75, 3.05) is 5.32 Å². The van der Waals surface area contributed by atoms with E-state index in [9.17, 15) is 4.79 Å². The van der Waals surface area contributed by atoms with Gasteiger partial charge in [0.2, 0.25) is 5.91 Å². The molecule has 0 bridgehead atoms. The molecule has 0 radical (unpaired) electrons. The SMILES string of the molecule is Cc1nn(COc2ccc(Cl)cc2Cl)c(C)c1NC(=O)Cn1nc(C)c2c(-c3cccs3)ccnc21. The van der Waals surface area contributed by atoms with E-state index in [1.54, 1.807) is 45.1 Å². The number of carbonyl (C=O) groups is 1. The number of anilines is 1. The summed E-state index contributed by atoms with van der Waals surface area (Å²) in [6.45, 7) is 5.77. The Morgan fingerprint density at radius 3 is 2.64 bits per heavy atom. The molecular weight excluding hydrogens is 519 g/mol. The normalized spacial score (nSPS) is 11.2. The topological polar surface area (TPSA) is 86.9 Å². The third-order valence-electron chi connectivity index (χ3n) is 5.77. The van der Waals surface area contributed by atoms with Crippen LogP contribution in [-0.4, -0.2) is 30.5 Å². The number of rotatable bonds is 7. The maximum Gasteiger partial charge on any atom is 0.246 e.